The van der Waals surface area contributed by atoms with E-state index in [1.165, 1.54) is 11.1 Å². The van der Waals surface area contributed by atoms with Crippen LogP contribution in [0.2, 0.25) is 0 Å². The average Bonchev–Trinajstić information content (AvgIpc) is 3.28. The van der Waals surface area contributed by atoms with Crippen LogP contribution in [0.15, 0.2) is 48.6 Å². The van der Waals surface area contributed by atoms with Crippen LogP contribution in [-0.4, -0.2) is 39.3 Å². The fourth-order valence-corrected chi connectivity index (χ4v) is 5.08. The Balaban J connectivity index is 1.40. The van der Waals surface area contributed by atoms with Gasteiger partial charge in [-0.15, -0.1) is 0 Å². The highest BCUT2D eigenvalue weighted by atomic mass is 16.4. The summed E-state index contributed by atoms with van der Waals surface area (Å²) in [6.07, 6.45) is 13.3. The Kier molecular flexibility index (Phi) is 9.24. The van der Waals surface area contributed by atoms with Gasteiger partial charge >= 0.3 is 5.97 Å². The summed E-state index contributed by atoms with van der Waals surface area (Å²) in [4.78, 5) is 22.9. The van der Waals surface area contributed by atoms with Gasteiger partial charge in [-0.3, -0.25) is 9.59 Å². The molecule has 0 amide bonds. The van der Waals surface area contributed by atoms with Gasteiger partial charge in [0.1, 0.15) is 5.78 Å². The monoisotopic (exact) mass is 440 g/mol. The van der Waals surface area contributed by atoms with Crippen LogP contribution in [0.25, 0.3) is 0 Å². The largest absolute Gasteiger partial charge is 0.481 e. The van der Waals surface area contributed by atoms with Gasteiger partial charge in [-0.25, -0.2) is 0 Å². The molecule has 1 fully saturated rings. The van der Waals surface area contributed by atoms with Crippen molar-refractivity contribution in [1.82, 2.24) is 0 Å². The summed E-state index contributed by atoms with van der Waals surface area (Å²) < 4.78 is 0. The molecular formula is C27H36O5. The van der Waals surface area contributed by atoms with Crippen LogP contribution in [0, 0.1) is 17.8 Å². The quantitative estimate of drug-likeness (QED) is 0.334. The fraction of sp³-hybridized carbons (Fsp3) is 0.556. The van der Waals surface area contributed by atoms with E-state index < -0.39 is 18.2 Å². The summed E-state index contributed by atoms with van der Waals surface area (Å²) in [6.45, 7) is 0. The molecule has 2 aliphatic rings. The summed E-state index contributed by atoms with van der Waals surface area (Å²) in [5.74, 6) is -0.672. The molecule has 1 saturated carbocycles. The highest BCUT2D eigenvalue weighted by Crippen LogP contribution is 2.34. The Bertz CT molecular complexity index is 802. The molecule has 4 atom stereocenters. The lowest BCUT2D eigenvalue weighted by molar-refractivity contribution is -0.137. The van der Waals surface area contributed by atoms with Crippen molar-refractivity contribution in [3.05, 3.63) is 59.7 Å². The van der Waals surface area contributed by atoms with Gasteiger partial charge in [-0.1, -0.05) is 55.0 Å². The van der Waals surface area contributed by atoms with Crippen molar-refractivity contribution < 1.29 is 24.9 Å². The van der Waals surface area contributed by atoms with Gasteiger partial charge in [0.25, 0.3) is 0 Å². The zero-order valence-electron chi connectivity index (χ0n) is 18.7. The molecule has 3 N–H and O–H groups in total. The van der Waals surface area contributed by atoms with Crippen molar-refractivity contribution in [3.8, 4) is 0 Å². The number of carbonyl (C=O) groups is 2. The van der Waals surface area contributed by atoms with Crippen molar-refractivity contribution >= 4 is 11.8 Å². The van der Waals surface area contributed by atoms with Crippen molar-refractivity contribution in [1.29, 1.82) is 0 Å². The molecule has 1 aromatic carbocycles. The number of fused-ring (bicyclic) bond motifs is 1. The first-order valence-electron chi connectivity index (χ1n) is 11.9. The maximum Gasteiger partial charge on any atom is 0.303 e. The number of carboxylic acids is 1. The molecule has 0 aromatic heterocycles. The van der Waals surface area contributed by atoms with Crippen molar-refractivity contribution in [3.63, 3.8) is 0 Å². The number of benzene rings is 1. The minimum atomic E-state index is -0.799. The van der Waals surface area contributed by atoms with E-state index in [0.29, 0.717) is 31.6 Å². The zero-order chi connectivity index (χ0) is 22.9. The van der Waals surface area contributed by atoms with Crippen LogP contribution < -0.4 is 0 Å². The van der Waals surface area contributed by atoms with Gasteiger partial charge in [0.15, 0.2) is 0 Å². The predicted octanol–water partition coefficient (Wildman–Crippen LogP) is 4.26. The van der Waals surface area contributed by atoms with Crippen LogP contribution in [0.4, 0.5) is 0 Å². The molecular weight excluding hydrogens is 404 g/mol. The minimum absolute atomic E-state index is 0.0222. The van der Waals surface area contributed by atoms with Crippen LogP contribution >= 0.6 is 0 Å². The molecule has 2 aliphatic carbocycles. The molecule has 1 aromatic rings. The number of aliphatic hydroxyl groups excluding tert-OH is 2. The Morgan fingerprint density at radius 1 is 1.09 bits per heavy atom. The molecule has 0 radical (unpaired) electrons. The van der Waals surface area contributed by atoms with Crippen molar-refractivity contribution in [2.24, 2.45) is 17.8 Å². The zero-order valence-corrected chi connectivity index (χ0v) is 18.7. The van der Waals surface area contributed by atoms with Crippen LogP contribution in [-0.2, 0) is 22.4 Å². The second-order valence-electron chi connectivity index (χ2n) is 9.35. The van der Waals surface area contributed by atoms with E-state index in [1.54, 1.807) is 12.2 Å². The lowest BCUT2D eigenvalue weighted by Gasteiger charge is -2.17. The van der Waals surface area contributed by atoms with Gasteiger partial charge in [0.2, 0.25) is 0 Å². The van der Waals surface area contributed by atoms with E-state index in [2.05, 4.69) is 24.3 Å². The third-order valence-electron chi connectivity index (χ3n) is 6.86. The molecule has 0 aliphatic heterocycles. The van der Waals surface area contributed by atoms with Gasteiger partial charge in [0, 0.05) is 24.7 Å². The van der Waals surface area contributed by atoms with Gasteiger partial charge < -0.3 is 15.3 Å². The SMILES string of the molecule is O=C(O)CCC/C=C\C[C@H]1[C@@H](O)CC(=O)[C@@H]1/C=C/[C@@H](O)CCCC1Cc2ccccc2C1. The molecule has 5 nitrogen and oxygen atoms in total. The lowest BCUT2D eigenvalue weighted by Crippen LogP contribution is -2.19. The Morgan fingerprint density at radius 3 is 2.50 bits per heavy atom. The standard InChI is InChI=1S/C27H36O5/c28-22(11-7-8-19-16-20-9-5-6-10-21(20)17-19)14-15-24-23(25(29)18-26(24)30)12-3-1-2-4-13-27(31)32/h1,3,5-6,9-10,14-15,19,22-25,28-29H,2,4,7-8,11-13,16-18H2,(H,31,32)/b3-1-,15-14+/t22-,23+,24+,25-/m0/s1. The van der Waals surface area contributed by atoms with Crippen molar-refractivity contribution in [2.45, 2.75) is 76.4 Å². The number of allylic oxidation sites excluding steroid dienone is 3. The number of carbonyl (C=O) groups excluding carboxylic acids is 1. The van der Waals surface area contributed by atoms with Crippen molar-refractivity contribution in [2.75, 3.05) is 0 Å². The van der Waals surface area contributed by atoms with Crippen LogP contribution in [0.3, 0.4) is 0 Å². The molecule has 5 heteroatoms. The van der Waals surface area contributed by atoms with Gasteiger partial charge in [-0.05, 0) is 62.0 Å². The van der Waals surface area contributed by atoms with Gasteiger partial charge in [0.05, 0.1) is 12.2 Å². The number of hydrogen-bond acceptors (Lipinski definition) is 4. The van der Waals surface area contributed by atoms with E-state index in [0.717, 1.165) is 25.7 Å². The summed E-state index contributed by atoms with van der Waals surface area (Å²) >= 11 is 0. The molecule has 0 saturated heterocycles. The maximum atomic E-state index is 12.3. The number of aliphatic carboxylic acids is 1. The molecule has 3 rings (SSSR count). The normalized spacial score (nSPS) is 24.6. The average molecular weight is 441 g/mol. The highest BCUT2D eigenvalue weighted by Gasteiger charge is 2.39. The molecule has 174 valence electrons. The highest BCUT2D eigenvalue weighted by molar-refractivity contribution is 5.86. The molecule has 0 unspecified atom stereocenters. The first kappa shape index (κ1) is 24.4. The van der Waals surface area contributed by atoms with E-state index in [9.17, 15) is 19.8 Å². The maximum absolute atomic E-state index is 12.3. The van der Waals surface area contributed by atoms with E-state index >= 15 is 0 Å². The number of hydrogen-bond donors (Lipinski definition) is 3. The molecule has 0 bridgehead atoms. The second kappa shape index (κ2) is 12.1. The predicted molar refractivity (Wildman–Crippen MR) is 124 cm³/mol. The third kappa shape index (κ3) is 7.14. The Hall–Kier alpha value is -2.24. The summed E-state index contributed by atoms with van der Waals surface area (Å²) in [6, 6.07) is 8.61. The summed E-state index contributed by atoms with van der Waals surface area (Å²) in [5, 5.41) is 29.3. The second-order valence-corrected chi connectivity index (χ2v) is 9.35. The van der Waals surface area contributed by atoms with E-state index in [1.807, 2.05) is 12.2 Å². The van der Waals surface area contributed by atoms with Crippen LogP contribution in [0.1, 0.15) is 62.5 Å². The first-order valence-corrected chi connectivity index (χ1v) is 11.9. The number of ketones is 1. The fourth-order valence-electron chi connectivity index (χ4n) is 5.08. The topological polar surface area (TPSA) is 94.8 Å². The number of aliphatic hydroxyl groups is 2. The van der Waals surface area contributed by atoms with E-state index in [-0.39, 0.29) is 30.5 Å². The lowest BCUT2D eigenvalue weighted by atomic mass is 9.90. The number of carboxylic acid groups (broad SMARTS) is 1. The number of unbranched alkanes of at least 4 members (excludes halogenated alkanes) is 1. The Labute approximate surface area is 190 Å². The minimum Gasteiger partial charge on any atom is -0.481 e. The first-order chi connectivity index (χ1) is 15.4. The smallest absolute Gasteiger partial charge is 0.303 e. The molecule has 32 heavy (non-hydrogen) atoms. The van der Waals surface area contributed by atoms with E-state index in [4.69, 9.17) is 5.11 Å². The Morgan fingerprint density at radius 2 is 1.81 bits per heavy atom. The summed E-state index contributed by atoms with van der Waals surface area (Å²) in [7, 11) is 0. The van der Waals surface area contributed by atoms with Crippen LogP contribution in [0.5, 0.6) is 0 Å². The number of rotatable bonds is 12. The number of Topliss-reactive ketones (excluding diaryl/α,β-unsaturated/α-hetero) is 1. The molecule has 0 heterocycles. The van der Waals surface area contributed by atoms with Gasteiger partial charge in [-0.2, -0.15) is 0 Å². The molecule has 0 spiro atoms. The summed E-state index contributed by atoms with van der Waals surface area (Å²) in [5.41, 5.74) is 2.91. The third-order valence-corrected chi connectivity index (χ3v) is 6.86.